The minimum Gasteiger partial charge on any atom is -0.288 e. The van der Waals surface area contributed by atoms with E-state index in [2.05, 4.69) is 5.92 Å². The van der Waals surface area contributed by atoms with Crippen LogP contribution < -0.4 is 0 Å². The van der Waals surface area contributed by atoms with Crippen LogP contribution in [0.4, 0.5) is 0 Å². The van der Waals surface area contributed by atoms with Crippen LogP contribution in [0.25, 0.3) is 0 Å². The molecule has 0 aliphatic rings. The van der Waals surface area contributed by atoms with Crippen molar-refractivity contribution in [3.63, 3.8) is 0 Å². The summed E-state index contributed by atoms with van der Waals surface area (Å²) in [4.78, 5) is 10.1. The van der Waals surface area contributed by atoms with Crippen LogP contribution >= 0.6 is 22.6 Å². The zero-order valence-corrected chi connectivity index (χ0v) is 5.94. The van der Waals surface area contributed by atoms with Gasteiger partial charge in [0.25, 0.3) is 0 Å². The molecule has 0 atom stereocenters. The molecule has 0 fully saturated rings. The van der Waals surface area contributed by atoms with Crippen LogP contribution in [0.3, 0.4) is 0 Å². The fourth-order valence-electron chi connectivity index (χ4n) is 0.170. The first-order valence-corrected chi connectivity index (χ1v) is 2.97. The molecule has 1 nitrogen and oxygen atoms in total. The molecule has 0 saturated carbocycles. The number of hydrogen-bond donors (Lipinski definition) is 0. The average Bonchev–Trinajstić information content (AvgIpc) is 1.61. The van der Waals surface area contributed by atoms with Crippen LogP contribution in [0, 0.1) is 12.3 Å². The van der Waals surface area contributed by atoms with Crippen LogP contribution in [0.5, 0.6) is 0 Å². The Balaban J connectivity index is 3.02. The molecule has 0 aromatic heterocycles. The minimum absolute atomic E-state index is 0.135. The van der Waals surface area contributed by atoms with Gasteiger partial charge in [-0.15, -0.1) is 12.3 Å². The van der Waals surface area contributed by atoms with Crippen LogP contribution in [0.15, 0.2) is 0 Å². The van der Waals surface area contributed by atoms with Crippen molar-refractivity contribution < 1.29 is 4.79 Å². The summed E-state index contributed by atoms with van der Waals surface area (Å²) < 4.78 is 0.135. The third kappa shape index (κ3) is 5.96. The quantitative estimate of drug-likeness (QED) is 0.380. The highest BCUT2D eigenvalue weighted by Crippen LogP contribution is 1.94. The Kier molecular flexibility index (Phi) is 4.10. The Bertz CT molecular complexity index is 101. The van der Waals surface area contributed by atoms with E-state index in [0.717, 1.165) is 0 Å². The molecule has 0 bridgehead atoms. The standard InChI is InChI=1S/C5H5IO/c1-2-3-4-5(6)7/h1H,3-4H2. The van der Waals surface area contributed by atoms with Crippen LogP contribution in [-0.2, 0) is 4.79 Å². The van der Waals surface area contributed by atoms with E-state index in [0.29, 0.717) is 12.8 Å². The molecule has 0 saturated heterocycles. The minimum atomic E-state index is 0.135. The van der Waals surface area contributed by atoms with E-state index in [4.69, 9.17) is 6.42 Å². The van der Waals surface area contributed by atoms with Gasteiger partial charge in [0.05, 0.1) is 0 Å². The number of carbonyl (C=O) groups is 1. The molecule has 0 amide bonds. The number of terminal acetylenes is 1. The Labute approximate surface area is 56.6 Å². The third-order valence-electron chi connectivity index (χ3n) is 0.466. The van der Waals surface area contributed by atoms with Gasteiger partial charge >= 0.3 is 0 Å². The average molecular weight is 208 g/mol. The zero-order chi connectivity index (χ0) is 5.70. The summed E-state index contributed by atoms with van der Waals surface area (Å²) in [6.45, 7) is 0. The van der Waals surface area contributed by atoms with Gasteiger partial charge in [0.2, 0.25) is 0 Å². The summed E-state index contributed by atoms with van der Waals surface area (Å²) >= 11 is 1.73. The molecule has 0 aromatic rings. The molecule has 0 aromatic carbocycles. The summed E-state index contributed by atoms with van der Waals surface area (Å²) in [5, 5.41) is 0. The second-order valence-corrected chi connectivity index (χ2v) is 2.26. The fourth-order valence-corrected chi connectivity index (χ4v) is 0.440. The van der Waals surface area contributed by atoms with Gasteiger partial charge in [-0.05, 0) is 22.6 Å². The van der Waals surface area contributed by atoms with Crippen LogP contribution in [0.1, 0.15) is 12.8 Å². The Morgan fingerprint density at radius 3 is 2.57 bits per heavy atom. The lowest BCUT2D eigenvalue weighted by atomic mass is 10.3. The van der Waals surface area contributed by atoms with Gasteiger partial charge in [-0.25, -0.2) is 0 Å². The maximum Gasteiger partial charge on any atom is 0.193 e. The smallest absolute Gasteiger partial charge is 0.193 e. The number of hydrogen-bond acceptors (Lipinski definition) is 1. The summed E-state index contributed by atoms with van der Waals surface area (Å²) in [5.41, 5.74) is 0. The molecule has 0 aliphatic heterocycles. The second kappa shape index (κ2) is 4.13. The number of halogens is 1. The summed E-state index contributed by atoms with van der Waals surface area (Å²) in [6.07, 6.45) is 5.95. The molecule has 0 rings (SSSR count). The molecule has 0 heterocycles. The molecule has 0 radical (unpaired) electrons. The van der Waals surface area contributed by atoms with Crippen molar-refractivity contribution in [1.82, 2.24) is 0 Å². The molecule has 2 heteroatoms. The predicted molar refractivity (Wildman–Crippen MR) is 37.1 cm³/mol. The molecule has 0 aliphatic carbocycles. The van der Waals surface area contributed by atoms with E-state index < -0.39 is 0 Å². The first-order chi connectivity index (χ1) is 3.27. The lowest BCUT2D eigenvalue weighted by molar-refractivity contribution is -0.109. The molecule has 7 heavy (non-hydrogen) atoms. The van der Waals surface area contributed by atoms with Crippen molar-refractivity contribution >= 4 is 26.4 Å². The molecule has 0 spiro atoms. The topological polar surface area (TPSA) is 17.1 Å². The first kappa shape index (κ1) is 6.96. The van der Waals surface area contributed by atoms with Gasteiger partial charge in [-0.2, -0.15) is 0 Å². The maximum absolute atomic E-state index is 10.1. The van der Waals surface area contributed by atoms with Crippen molar-refractivity contribution in [3.05, 3.63) is 0 Å². The maximum atomic E-state index is 10.1. The first-order valence-electron chi connectivity index (χ1n) is 1.89. The highest BCUT2D eigenvalue weighted by atomic mass is 127. The van der Waals surface area contributed by atoms with Crippen molar-refractivity contribution in [1.29, 1.82) is 0 Å². The number of rotatable bonds is 2. The largest absolute Gasteiger partial charge is 0.288 e. The van der Waals surface area contributed by atoms with E-state index >= 15 is 0 Å². The zero-order valence-electron chi connectivity index (χ0n) is 3.78. The van der Waals surface area contributed by atoms with Crippen molar-refractivity contribution in [2.24, 2.45) is 0 Å². The molecule has 38 valence electrons. The van der Waals surface area contributed by atoms with E-state index in [1.807, 2.05) is 0 Å². The highest BCUT2D eigenvalue weighted by molar-refractivity contribution is 14.1. The van der Waals surface area contributed by atoms with Crippen LogP contribution in [0.2, 0.25) is 0 Å². The van der Waals surface area contributed by atoms with E-state index in [1.165, 1.54) is 0 Å². The number of carbonyl (C=O) groups excluding carboxylic acids is 1. The van der Waals surface area contributed by atoms with E-state index in [9.17, 15) is 4.79 Å². The lowest BCUT2D eigenvalue weighted by Gasteiger charge is -1.78. The van der Waals surface area contributed by atoms with Crippen molar-refractivity contribution in [3.8, 4) is 12.3 Å². The van der Waals surface area contributed by atoms with Crippen molar-refractivity contribution in [2.45, 2.75) is 12.8 Å². The van der Waals surface area contributed by atoms with Gasteiger partial charge in [-0.1, -0.05) is 0 Å². The van der Waals surface area contributed by atoms with Crippen molar-refractivity contribution in [2.75, 3.05) is 0 Å². The third-order valence-corrected chi connectivity index (χ3v) is 1.01. The van der Waals surface area contributed by atoms with Gasteiger partial charge < -0.3 is 0 Å². The summed E-state index contributed by atoms with van der Waals surface area (Å²) in [7, 11) is 0. The summed E-state index contributed by atoms with van der Waals surface area (Å²) in [5.74, 6) is 2.37. The Morgan fingerprint density at radius 2 is 2.43 bits per heavy atom. The highest BCUT2D eigenvalue weighted by Gasteiger charge is 1.88. The van der Waals surface area contributed by atoms with Crippen LogP contribution in [-0.4, -0.2) is 3.79 Å². The fraction of sp³-hybridized carbons (Fsp3) is 0.400. The molecular formula is C5H5IO. The van der Waals surface area contributed by atoms with E-state index in [1.54, 1.807) is 22.6 Å². The SMILES string of the molecule is C#CCCC(=O)I. The molecule has 0 unspecified atom stereocenters. The monoisotopic (exact) mass is 208 g/mol. The van der Waals surface area contributed by atoms with Gasteiger partial charge in [0.1, 0.15) is 0 Å². The molecule has 0 N–H and O–H groups in total. The Hall–Kier alpha value is -0.0400. The Morgan fingerprint density at radius 1 is 1.86 bits per heavy atom. The van der Waals surface area contributed by atoms with Gasteiger partial charge in [0.15, 0.2) is 3.79 Å². The second-order valence-electron chi connectivity index (χ2n) is 1.06. The van der Waals surface area contributed by atoms with Gasteiger partial charge in [0, 0.05) is 12.8 Å². The van der Waals surface area contributed by atoms with Gasteiger partial charge in [-0.3, -0.25) is 4.79 Å². The lowest BCUT2D eigenvalue weighted by Crippen LogP contribution is -1.80. The molecular weight excluding hydrogens is 203 g/mol. The van der Waals surface area contributed by atoms with E-state index in [-0.39, 0.29) is 3.79 Å². The summed E-state index contributed by atoms with van der Waals surface area (Å²) in [6, 6.07) is 0. The normalized spacial score (nSPS) is 7.43. The predicted octanol–water partition coefficient (Wildman–Crippen LogP) is 1.36.